The monoisotopic (exact) mass is 217 g/mol. The minimum Gasteiger partial charge on any atom is -0.494 e. The normalized spacial score (nSPS) is 10.1. The van der Waals surface area contributed by atoms with E-state index in [2.05, 4.69) is 10.1 Å². The summed E-state index contributed by atoms with van der Waals surface area (Å²) in [6.07, 6.45) is 0.479. The highest BCUT2D eigenvalue weighted by atomic mass is 19.1. The maximum absolute atomic E-state index is 13.3. The van der Waals surface area contributed by atoms with Gasteiger partial charge < -0.3 is 15.2 Å². The van der Waals surface area contributed by atoms with E-state index >= 15 is 0 Å². The molecule has 0 aliphatic heterocycles. The van der Waals surface area contributed by atoms with Crippen molar-refractivity contribution in [3.8, 4) is 5.75 Å². The molecule has 0 aliphatic carbocycles. The molecule has 84 valence electrons. The molecule has 0 heterocycles. The van der Waals surface area contributed by atoms with E-state index in [1.165, 1.54) is 7.11 Å². The zero-order valence-electron chi connectivity index (χ0n) is 8.39. The van der Waals surface area contributed by atoms with Crippen LogP contribution in [0.4, 0.5) is 14.5 Å². The molecule has 1 aromatic rings. The van der Waals surface area contributed by atoms with E-state index in [4.69, 9.17) is 5.11 Å². The third-order valence-corrected chi connectivity index (χ3v) is 1.89. The predicted molar refractivity (Wildman–Crippen MR) is 53.1 cm³/mol. The first-order valence-electron chi connectivity index (χ1n) is 4.56. The number of methoxy groups -OCH3 is 1. The molecule has 0 bridgehead atoms. The van der Waals surface area contributed by atoms with Gasteiger partial charge in [-0.15, -0.1) is 0 Å². The van der Waals surface area contributed by atoms with E-state index in [-0.39, 0.29) is 18.0 Å². The van der Waals surface area contributed by atoms with Crippen LogP contribution in [0.1, 0.15) is 6.42 Å². The van der Waals surface area contributed by atoms with Gasteiger partial charge in [0.1, 0.15) is 5.82 Å². The number of aliphatic hydroxyl groups excluding tert-OH is 1. The van der Waals surface area contributed by atoms with Gasteiger partial charge in [0, 0.05) is 25.3 Å². The summed E-state index contributed by atoms with van der Waals surface area (Å²) in [4.78, 5) is 0. The van der Waals surface area contributed by atoms with Gasteiger partial charge in [-0.2, -0.15) is 0 Å². The number of anilines is 1. The third kappa shape index (κ3) is 3.06. The second-order valence-electron chi connectivity index (χ2n) is 2.97. The highest BCUT2D eigenvalue weighted by Crippen LogP contribution is 2.24. The highest BCUT2D eigenvalue weighted by molar-refractivity contribution is 5.48. The summed E-state index contributed by atoms with van der Waals surface area (Å²) >= 11 is 0. The molecule has 15 heavy (non-hydrogen) atoms. The zero-order chi connectivity index (χ0) is 11.3. The van der Waals surface area contributed by atoms with E-state index in [9.17, 15) is 8.78 Å². The maximum Gasteiger partial charge on any atom is 0.167 e. The van der Waals surface area contributed by atoms with Crippen LogP contribution in [-0.4, -0.2) is 25.4 Å². The number of rotatable bonds is 5. The molecule has 1 rings (SSSR count). The smallest absolute Gasteiger partial charge is 0.167 e. The Morgan fingerprint density at radius 1 is 1.33 bits per heavy atom. The molecule has 0 atom stereocenters. The Morgan fingerprint density at radius 3 is 2.67 bits per heavy atom. The lowest BCUT2D eigenvalue weighted by atomic mass is 10.2. The first-order valence-corrected chi connectivity index (χ1v) is 4.56. The molecular weight excluding hydrogens is 204 g/mol. The van der Waals surface area contributed by atoms with Crippen molar-refractivity contribution in [2.24, 2.45) is 0 Å². The average molecular weight is 217 g/mol. The van der Waals surface area contributed by atoms with Crippen molar-refractivity contribution in [2.45, 2.75) is 6.42 Å². The van der Waals surface area contributed by atoms with Crippen molar-refractivity contribution < 1.29 is 18.6 Å². The molecule has 1 aromatic carbocycles. The predicted octanol–water partition coefficient (Wildman–Crippen LogP) is 1.77. The van der Waals surface area contributed by atoms with Gasteiger partial charge in [-0.25, -0.2) is 8.78 Å². The van der Waals surface area contributed by atoms with Crippen molar-refractivity contribution >= 4 is 5.69 Å². The van der Waals surface area contributed by atoms with Gasteiger partial charge in [0.2, 0.25) is 0 Å². The molecule has 0 spiro atoms. The number of halogens is 2. The highest BCUT2D eigenvalue weighted by Gasteiger charge is 2.09. The number of ether oxygens (including phenoxy) is 1. The Bertz CT molecular complexity index is 331. The molecule has 0 aromatic heterocycles. The number of hydrogen-bond acceptors (Lipinski definition) is 3. The van der Waals surface area contributed by atoms with Gasteiger partial charge in [0.15, 0.2) is 11.6 Å². The van der Waals surface area contributed by atoms with Gasteiger partial charge in [0.05, 0.1) is 12.8 Å². The lowest BCUT2D eigenvalue weighted by molar-refractivity contribution is 0.292. The number of nitrogens with one attached hydrogen (secondary N) is 1. The second kappa shape index (κ2) is 5.50. The van der Waals surface area contributed by atoms with E-state index in [0.29, 0.717) is 13.0 Å². The van der Waals surface area contributed by atoms with Gasteiger partial charge in [-0.3, -0.25) is 0 Å². The molecule has 0 saturated carbocycles. The summed E-state index contributed by atoms with van der Waals surface area (Å²) in [7, 11) is 1.27. The van der Waals surface area contributed by atoms with Crippen LogP contribution < -0.4 is 10.1 Å². The standard InChI is InChI=1S/C10H13F2NO2/c1-15-10-6-7(11)9(5-8(10)12)13-3-2-4-14/h5-6,13-14H,2-4H2,1H3. The van der Waals surface area contributed by atoms with Crippen molar-refractivity contribution in [3.63, 3.8) is 0 Å². The van der Waals surface area contributed by atoms with E-state index in [1.54, 1.807) is 0 Å². The molecule has 0 radical (unpaired) electrons. The molecule has 0 amide bonds. The molecule has 3 nitrogen and oxygen atoms in total. The Balaban J connectivity index is 2.76. The maximum atomic E-state index is 13.3. The summed E-state index contributed by atoms with van der Waals surface area (Å²) in [5.74, 6) is -1.32. The number of aliphatic hydroxyl groups is 1. The number of benzene rings is 1. The van der Waals surface area contributed by atoms with Crippen molar-refractivity contribution in [3.05, 3.63) is 23.8 Å². The van der Waals surface area contributed by atoms with Crippen LogP contribution in [0.15, 0.2) is 12.1 Å². The van der Waals surface area contributed by atoms with Crippen molar-refractivity contribution in [1.82, 2.24) is 0 Å². The van der Waals surface area contributed by atoms with Gasteiger partial charge >= 0.3 is 0 Å². The van der Waals surface area contributed by atoms with E-state index < -0.39 is 11.6 Å². The third-order valence-electron chi connectivity index (χ3n) is 1.89. The Morgan fingerprint density at radius 2 is 2.07 bits per heavy atom. The first-order chi connectivity index (χ1) is 7.19. The summed E-state index contributed by atoms with van der Waals surface area (Å²) in [6.45, 7) is 0.395. The lowest BCUT2D eigenvalue weighted by Gasteiger charge is -2.09. The Kier molecular flexibility index (Phi) is 4.30. The largest absolute Gasteiger partial charge is 0.494 e. The molecular formula is C10H13F2NO2. The van der Waals surface area contributed by atoms with Crippen LogP contribution in [0.3, 0.4) is 0 Å². The fourth-order valence-electron chi connectivity index (χ4n) is 1.12. The topological polar surface area (TPSA) is 41.5 Å². The quantitative estimate of drug-likeness (QED) is 0.738. The fourth-order valence-corrected chi connectivity index (χ4v) is 1.12. The summed E-state index contributed by atoms with van der Waals surface area (Å²) < 4.78 is 31.1. The van der Waals surface area contributed by atoms with E-state index in [0.717, 1.165) is 12.1 Å². The number of hydrogen-bond donors (Lipinski definition) is 2. The van der Waals surface area contributed by atoms with E-state index in [1.807, 2.05) is 0 Å². The molecule has 2 N–H and O–H groups in total. The Hall–Kier alpha value is -1.36. The second-order valence-corrected chi connectivity index (χ2v) is 2.97. The van der Waals surface area contributed by atoms with Crippen LogP contribution in [0, 0.1) is 11.6 Å². The van der Waals surface area contributed by atoms with Crippen LogP contribution in [0.25, 0.3) is 0 Å². The lowest BCUT2D eigenvalue weighted by Crippen LogP contribution is -2.06. The minimum absolute atomic E-state index is 0.00720. The fraction of sp³-hybridized carbons (Fsp3) is 0.400. The molecule has 0 unspecified atom stereocenters. The van der Waals surface area contributed by atoms with Gasteiger partial charge in [-0.1, -0.05) is 0 Å². The van der Waals surface area contributed by atoms with Crippen LogP contribution in [0.2, 0.25) is 0 Å². The van der Waals surface area contributed by atoms with Gasteiger partial charge in [-0.05, 0) is 6.42 Å². The summed E-state index contributed by atoms with van der Waals surface area (Å²) in [5.41, 5.74) is 0.0711. The SMILES string of the molecule is COc1cc(F)c(NCCCO)cc1F. The first kappa shape index (κ1) is 11.7. The summed E-state index contributed by atoms with van der Waals surface area (Å²) in [5, 5.41) is 11.2. The van der Waals surface area contributed by atoms with Crippen LogP contribution in [0.5, 0.6) is 5.75 Å². The molecule has 0 saturated heterocycles. The molecule has 0 fully saturated rings. The van der Waals surface area contributed by atoms with Crippen molar-refractivity contribution in [1.29, 1.82) is 0 Å². The van der Waals surface area contributed by atoms with Gasteiger partial charge in [0.25, 0.3) is 0 Å². The minimum atomic E-state index is -0.620. The Labute approximate surface area is 86.7 Å². The summed E-state index contributed by atoms with van der Waals surface area (Å²) in [6, 6.07) is 2.02. The van der Waals surface area contributed by atoms with Crippen LogP contribution in [-0.2, 0) is 0 Å². The average Bonchev–Trinajstić information content (AvgIpc) is 2.23. The van der Waals surface area contributed by atoms with Crippen LogP contribution >= 0.6 is 0 Å². The zero-order valence-corrected chi connectivity index (χ0v) is 8.39. The molecule has 0 aliphatic rings. The van der Waals surface area contributed by atoms with Crippen molar-refractivity contribution in [2.75, 3.05) is 25.6 Å². The molecule has 5 heteroatoms.